The van der Waals surface area contributed by atoms with Crippen molar-refractivity contribution in [2.45, 2.75) is 20.8 Å². The SMILES string of the molecule is CCOc1cc(/C=C2\C(C)=C(C#N)c3nc(N)c(C#N)c(C)c32)cc(Br)c1O. The topological polar surface area (TPSA) is 116 Å². The van der Waals surface area contributed by atoms with Crippen LogP contribution >= 0.6 is 15.9 Å². The molecule has 1 aliphatic rings. The van der Waals surface area contributed by atoms with Crippen LogP contribution in [0.25, 0.3) is 17.2 Å². The molecule has 0 spiro atoms. The summed E-state index contributed by atoms with van der Waals surface area (Å²) < 4.78 is 5.99. The molecule has 7 heteroatoms. The predicted molar refractivity (Wildman–Crippen MR) is 111 cm³/mol. The van der Waals surface area contributed by atoms with Gasteiger partial charge in [0.1, 0.15) is 18.0 Å². The number of anilines is 1. The highest BCUT2D eigenvalue weighted by molar-refractivity contribution is 9.10. The third kappa shape index (κ3) is 3.00. The quantitative estimate of drug-likeness (QED) is 0.727. The van der Waals surface area contributed by atoms with Crippen molar-refractivity contribution in [2.75, 3.05) is 12.3 Å². The normalized spacial score (nSPS) is 14.0. The minimum absolute atomic E-state index is 0.0261. The predicted octanol–water partition coefficient (Wildman–Crippen LogP) is 4.56. The van der Waals surface area contributed by atoms with E-state index in [1.165, 1.54) is 0 Å². The number of aromatic hydroxyl groups is 1. The Morgan fingerprint density at radius 2 is 2.00 bits per heavy atom. The summed E-state index contributed by atoms with van der Waals surface area (Å²) in [6.07, 6.45) is 1.89. The van der Waals surface area contributed by atoms with Gasteiger partial charge in [-0.25, -0.2) is 4.98 Å². The van der Waals surface area contributed by atoms with Gasteiger partial charge in [0.2, 0.25) is 0 Å². The van der Waals surface area contributed by atoms with Crippen LogP contribution in [0, 0.1) is 29.6 Å². The highest BCUT2D eigenvalue weighted by atomic mass is 79.9. The summed E-state index contributed by atoms with van der Waals surface area (Å²) in [4.78, 5) is 4.32. The molecular weight excluding hydrogens is 420 g/mol. The second-order valence-corrected chi connectivity index (χ2v) is 7.14. The van der Waals surface area contributed by atoms with Crippen molar-refractivity contribution in [3.8, 4) is 23.6 Å². The van der Waals surface area contributed by atoms with Crippen LogP contribution in [0.4, 0.5) is 5.82 Å². The van der Waals surface area contributed by atoms with E-state index in [9.17, 15) is 15.6 Å². The molecule has 0 saturated heterocycles. The van der Waals surface area contributed by atoms with Gasteiger partial charge in [-0.1, -0.05) is 0 Å². The first-order valence-electron chi connectivity index (χ1n) is 8.53. The molecule has 2 aromatic rings. The maximum Gasteiger partial charge on any atom is 0.172 e. The fraction of sp³-hybridized carbons (Fsp3) is 0.190. The molecular formula is C21H17BrN4O2. The fourth-order valence-electron chi connectivity index (χ4n) is 3.30. The lowest BCUT2D eigenvalue weighted by Crippen LogP contribution is -2.03. The lowest BCUT2D eigenvalue weighted by molar-refractivity contribution is 0.317. The molecule has 0 fully saturated rings. The zero-order valence-electron chi connectivity index (χ0n) is 15.6. The maximum absolute atomic E-state index is 10.1. The molecule has 6 nitrogen and oxygen atoms in total. The molecule has 28 heavy (non-hydrogen) atoms. The number of halogens is 1. The minimum Gasteiger partial charge on any atom is -0.503 e. The summed E-state index contributed by atoms with van der Waals surface area (Å²) in [5.41, 5.74) is 10.9. The molecule has 0 saturated carbocycles. The van der Waals surface area contributed by atoms with Crippen LogP contribution in [-0.4, -0.2) is 16.7 Å². The number of hydrogen-bond acceptors (Lipinski definition) is 6. The summed E-state index contributed by atoms with van der Waals surface area (Å²) in [5, 5.41) is 29.2. The Balaban J connectivity index is 2.29. The second-order valence-electron chi connectivity index (χ2n) is 6.28. The number of pyridine rings is 1. The van der Waals surface area contributed by atoms with Gasteiger partial charge in [0, 0.05) is 5.56 Å². The molecule has 0 unspecified atom stereocenters. The molecule has 140 valence electrons. The van der Waals surface area contributed by atoms with Crippen molar-refractivity contribution in [3.63, 3.8) is 0 Å². The van der Waals surface area contributed by atoms with Crippen LogP contribution in [0.5, 0.6) is 11.5 Å². The number of benzene rings is 1. The maximum atomic E-state index is 10.1. The first kappa shape index (κ1) is 19.5. The summed E-state index contributed by atoms with van der Waals surface area (Å²) in [5.74, 6) is 0.499. The molecule has 1 aromatic carbocycles. The van der Waals surface area contributed by atoms with Crippen LogP contribution in [0.2, 0.25) is 0 Å². The van der Waals surface area contributed by atoms with Gasteiger partial charge in [-0.2, -0.15) is 10.5 Å². The molecule has 3 rings (SSSR count). The minimum atomic E-state index is 0.0261. The number of nitriles is 2. The molecule has 1 aliphatic carbocycles. The van der Waals surface area contributed by atoms with Gasteiger partial charge in [0.25, 0.3) is 0 Å². The van der Waals surface area contributed by atoms with E-state index < -0.39 is 0 Å². The zero-order chi connectivity index (χ0) is 20.6. The number of ether oxygens (including phenoxy) is 1. The van der Waals surface area contributed by atoms with Crippen molar-refractivity contribution in [2.24, 2.45) is 0 Å². The van der Waals surface area contributed by atoms with Crippen LogP contribution < -0.4 is 10.5 Å². The highest BCUT2D eigenvalue weighted by Gasteiger charge is 2.29. The number of fused-ring (bicyclic) bond motifs is 1. The van der Waals surface area contributed by atoms with Crippen molar-refractivity contribution < 1.29 is 9.84 Å². The number of hydrogen-bond donors (Lipinski definition) is 2. The van der Waals surface area contributed by atoms with E-state index in [-0.39, 0.29) is 11.6 Å². The summed E-state index contributed by atoms with van der Waals surface area (Å²) in [6.45, 7) is 5.89. The van der Waals surface area contributed by atoms with E-state index in [4.69, 9.17) is 10.5 Å². The summed E-state index contributed by atoms with van der Waals surface area (Å²) >= 11 is 3.34. The lowest BCUT2D eigenvalue weighted by Gasteiger charge is -2.12. The van der Waals surface area contributed by atoms with E-state index in [1.807, 2.05) is 19.9 Å². The van der Waals surface area contributed by atoms with Crippen LogP contribution in [0.3, 0.4) is 0 Å². The largest absolute Gasteiger partial charge is 0.503 e. The Morgan fingerprint density at radius 3 is 2.61 bits per heavy atom. The third-order valence-electron chi connectivity index (χ3n) is 4.65. The van der Waals surface area contributed by atoms with Crippen LogP contribution in [-0.2, 0) is 0 Å². The number of allylic oxidation sites excluding steroid dienone is 3. The molecule has 1 aromatic heterocycles. The number of phenolic OH excluding ortho intramolecular Hbond substituents is 1. The second kappa shape index (κ2) is 7.38. The van der Waals surface area contributed by atoms with Crippen molar-refractivity contribution in [3.05, 3.63) is 50.1 Å². The molecule has 0 amide bonds. The summed E-state index contributed by atoms with van der Waals surface area (Å²) in [6, 6.07) is 7.76. The Labute approximate surface area is 171 Å². The number of nitrogens with zero attached hydrogens (tertiary/aromatic N) is 3. The molecule has 0 radical (unpaired) electrons. The zero-order valence-corrected chi connectivity index (χ0v) is 17.2. The van der Waals surface area contributed by atoms with E-state index in [1.54, 1.807) is 19.1 Å². The van der Waals surface area contributed by atoms with Crippen molar-refractivity contribution >= 4 is 39.0 Å². The van der Waals surface area contributed by atoms with Gasteiger partial charge >= 0.3 is 0 Å². The molecule has 0 bridgehead atoms. The van der Waals surface area contributed by atoms with E-state index in [0.29, 0.717) is 39.2 Å². The lowest BCUT2D eigenvalue weighted by atomic mass is 9.95. The van der Waals surface area contributed by atoms with Crippen molar-refractivity contribution in [1.29, 1.82) is 10.5 Å². The van der Waals surface area contributed by atoms with Gasteiger partial charge < -0.3 is 15.6 Å². The standard InChI is InChI=1S/C21H17BrN4O2/c1-4-28-17-7-12(6-16(22)20(17)27)5-13-10(2)14(8-23)19-18(13)11(3)15(9-24)21(25)26-19/h5-7,27H,4H2,1-3H3,(H2,25,26)/b13-5+. The average Bonchev–Trinajstić information content (AvgIpc) is 2.91. The van der Waals surface area contributed by atoms with Gasteiger partial charge in [-0.3, -0.25) is 0 Å². The number of aromatic nitrogens is 1. The molecule has 0 atom stereocenters. The molecule has 3 N–H and O–H groups in total. The highest BCUT2D eigenvalue weighted by Crippen LogP contribution is 2.45. The van der Waals surface area contributed by atoms with Gasteiger partial charge in [-0.05, 0) is 77.2 Å². The fourth-order valence-corrected chi connectivity index (χ4v) is 3.76. The van der Waals surface area contributed by atoms with Gasteiger partial charge in [0.15, 0.2) is 11.5 Å². The number of rotatable bonds is 3. The molecule has 1 heterocycles. The number of phenols is 1. The Hall–Kier alpha value is -3.29. The first-order valence-corrected chi connectivity index (χ1v) is 9.32. The summed E-state index contributed by atoms with van der Waals surface area (Å²) in [7, 11) is 0. The van der Waals surface area contributed by atoms with Crippen LogP contribution in [0.15, 0.2) is 22.2 Å². The van der Waals surface area contributed by atoms with Crippen LogP contribution in [0.1, 0.15) is 41.8 Å². The Bertz CT molecular complexity index is 1150. The van der Waals surface area contributed by atoms with E-state index >= 15 is 0 Å². The van der Waals surface area contributed by atoms with E-state index in [0.717, 1.165) is 22.3 Å². The average molecular weight is 437 g/mol. The van der Waals surface area contributed by atoms with Crippen molar-refractivity contribution in [1.82, 2.24) is 4.98 Å². The monoisotopic (exact) mass is 436 g/mol. The molecule has 0 aliphatic heterocycles. The third-order valence-corrected chi connectivity index (χ3v) is 5.25. The first-order chi connectivity index (χ1) is 13.3. The smallest absolute Gasteiger partial charge is 0.172 e. The van der Waals surface area contributed by atoms with E-state index in [2.05, 4.69) is 33.1 Å². The number of nitrogen functional groups attached to an aromatic ring is 1. The Kier molecular flexibility index (Phi) is 5.13. The Morgan fingerprint density at radius 1 is 1.29 bits per heavy atom. The van der Waals surface area contributed by atoms with Gasteiger partial charge in [-0.15, -0.1) is 0 Å². The number of nitrogens with two attached hydrogens (primary N) is 1. The van der Waals surface area contributed by atoms with Gasteiger partial charge in [0.05, 0.1) is 27.9 Å².